The molecule has 0 saturated heterocycles. The van der Waals surface area contributed by atoms with Crippen molar-refractivity contribution in [2.24, 2.45) is 0 Å². The van der Waals surface area contributed by atoms with Crippen LogP contribution < -0.4 is 0 Å². The van der Waals surface area contributed by atoms with Crippen molar-refractivity contribution >= 4 is 76.1 Å². The van der Waals surface area contributed by atoms with E-state index >= 15 is 0 Å². The second-order valence-electron chi connectivity index (χ2n) is 15.9. The number of para-hydroxylation sites is 2. The summed E-state index contributed by atoms with van der Waals surface area (Å²) in [6, 6.07) is 72.7. The molecule has 5 heteroatoms. The molecular weight excluding hydrogens is 757 g/mol. The summed E-state index contributed by atoms with van der Waals surface area (Å²) in [5, 5.41) is 11.3. The summed E-state index contributed by atoms with van der Waals surface area (Å²) in [5.74, 6) is 1.74. The fourth-order valence-electron chi connectivity index (χ4n) is 9.50. The van der Waals surface area contributed by atoms with Gasteiger partial charge in [-0.05, 0) is 85.9 Å². The third-order valence-electron chi connectivity index (χ3n) is 12.4. The highest BCUT2D eigenvalue weighted by atomic mass is 16.3. The zero-order valence-corrected chi connectivity index (χ0v) is 33.3. The molecule has 0 N–H and O–H groups in total. The maximum atomic E-state index is 6.95. The standard InChI is InChI=1S/C57H34N4O/c1-2-14-35(15-3-1)36-26-28-37(29-27-36)55-58-56(60-57(59-55)49-33-40-18-6-7-19-41(40)42-20-8-9-21-43(42)49)47-31-30-46-45-23-11-13-25-52(45)62-54(46)53(47)61-50-24-12-10-22-44(50)48-32-38-16-4-5-17-39(38)34-51(48)61/h1-34H. The lowest BCUT2D eigenvalue weighted by Crippen LogP contribution is -2.04. The highest BCUT2D eigenvalue weighted by Gasteiger charge is 2.25. The predicted molar refractivity (Wildman–Crippen MR) is 256 cm³/mol. The molecule has 62 heavy (non-hydrogen) atoms. The van der Waals surface area contributed by atoms with Crippen LogP contribution in [0, 0.1) is 0 Å². The largest absolute Gasteiger partial charge is 0.454 e. The molecule has 0 aliphatic heterocycles. The van der Waals surface area contributed by atoms with Crippen molar-refractivity contribution in [3.63, 3.8) is 0 Å². The summed E-state index contributed by atoms with van der Waals surface area (Å²) in [7, 11) is 0. The molecule has 0 spiro atoms. The maximum Gasteiger partial charge on any atom is 0.166 e. The zero-order chi connectivity index (χ0) is 40.7. The Bertz CT molecular complexity index is 3920. The Hall–Kier alpha value is -8.41. The van der Waals surface area contributed by atoms with Crippen molar-refractivity contribution in [3.8, 4) is 51.0 Å². The van der Waals surface area contributed by atoms with E-state index in [9.17, 15) is 0 Å². The van der Waals surface area contributed by atoms with Gasteiger partial charge in [-0.1, -0.05) is 164 Å². The van der Waals surface area contributed by atoms with E-state index in [4.69, 9.17) is 19.4 Å². The predicted octanol–water partition coefficient (Wildman–Crippen LogP) is 15.0. The molecule has 0 saturated carbocycles. The maximum absolute atomic E-state index is 6.95. The second kappa shape index (κ2) is 13.6. The van der Waals surface area contributed by atoms with Gasteiger partial charge in [0.05, 0.1) is 11.0 Å². The Balaban J connectivity index is 1.14. The van der Waals surface area contributed by atoms with Crippen molar-refractivity contribution in [1.82, 2.24) is 19.5 Å². The van der Waals surface area contributed by atoms with Crippen molar-refractivity contribution in [2.75, 3.05) is 0 Å². The summed E-state index contributed by atoms with van der Waals surface area (Å²) in [6.45, 7) is 0. The van der Waals surface area contributed by atoms with Crippen LogP contribution in [0.2, 0.25) is 0 Å². The molecule has 0 amide bonds. The van der Waals surface area contributed by atoms with Gasteiger partial charge in [0.25, 0.3) is 0 Å². The summed E-state index contributed by atoms with van der Waals surface area (Å²) in [4.78, 5) is 16.2. The third kappa shape index (κ3) is 5.32. The molecule has 0 radical (unpaired) electrons. The number of fused-ring (bicyclic) bond motifs is 10. The first kappa shape index (κ1) is 34.5. The molecule has 10 aromatic carbocycles. The normalized spacial score (nSPS) is 11.9. The van der Waals surface area contributed by atoms with Crippen LogP contribution in [-0.2, 0) is 0 Å². The zero-order valence-electron chi connectivity index (χ0n) is 33.3. The quantitative estimate of drug-likeness (QED) is 0.163. The van der Waals surface area contributed by atoms with E-state index in [2.05, 4.69) is 193 Å². The number of rotatable bonds is 5. The number of hydrogen-bond acceptors (Lipinski definition) is 4. The number of aromatic nitrogens is 4. The topological polar surface area (TPSA) is 56.7 Å². The minimum atomic E-state index is 0.554. The molecule has 0 aliphatic rings. The first-order chi connectivity index (χ1) is 30.7. The highest BCUT2D eigenvalue weighted by molar-refractivity contribution is 6.17. The minimum Gasteiger partial charge on any atom is -0.454 e. The van der Waals surface area contributed by atoms with Crippen LogP contribution in [0.1, 0.15) is 0 Å². The number of benzene rings is 10. The van der Waals surface area contributed by atoms with Gasteiger partial charge in [-0.25, -0.2) is 15.0 Å². The highest BCUT2D eigenvalue weighted by Crippen LogP contribution is 2.44. The summed E-state index contributed by atoms with van der Waals surface area (Å²) in [6.07, 6.45) is 0. The van der Waals surface area contributed by atoms with Crippen LogP contribution in [0.5, 0.6) is 0 Å². The van der Waals surface area contributed by atoms with E-state index in [0.717, 1.165) is 98.8 Å². The Morgan fingerprint density at radius 2 is 0.903 bits per heavy atom. The van der Waals surface area contributed by atoms with E-state index in [0.29, 0.717) is 17.5 Å². The average Bonchev–Trinajstić information content (AvgIpc) is 3.88. The lowest BCUT2D eigenvalue weighted by atomic mass is 9.96. The van der Waals surface area contributed by atoms with E-state index in [1.807, 2.05) is 18.2 Å². The average molecular weight is 791 g/mol. The third-order valence-corrected chi connectivity index (χ3v) is 12.4. The molecule has 0 fully saturated rings. The molecule has 0 unspecified atom stereocenters. The van der Waals surface area contributed by atoms with Crippen LogP contribution in [0.4, 0.5) is 0 Å². The Morgan fingerprint density at radius 1 is 0.323 bits per heavy atom. The van der Waals surface area contributed by atoms with Gasteiger partial charge in [0.2, 0.25) is 0 Å². The van der Waals surface area contributed by atoms with Gasteiger partial charge in [0, 0.05) is 38.2 Å². The van der Waals surface area contributed by atoms with Crippen molar-refractivity contribution < 1.29 is 4.42 Å². The number of furan rings is 1. The molecule has 3 aromatic heterocycles. The van der Waals surface area contributed by atoms with Crippen molar-refractivity contribution in [3.05, 3.63) is 206 Å². The van der Waals surface area contributed by atoms with Crippen molar-refractivity contribution in [1.29, 1.82) is 0 Å². The second-order valence-corrected chi connectivity index (χ2v) is 15.9. The van der Waals surface area contributed by atoms with Gasteiger partial charge >= 0.3 is 0 Å². The van der Waals surface area contributed by atoms with Crippen LogP contribution in [0.15, 0.2) is 211 Å². The number of hydrogen-bond donors (Lipinski definition) is 0. The summed E-state index contributed by atoms with van der Waals surface area (Å²) in [5.41, 5.74) is 9.58. The van der Waals surface area contributed by atoms with E-state index in [-0.39, 0.29) is 0 Å². The smallest absolute Gasteiger partial charge is 0.166 e. The number of nitrogens with zero attached hydrogens (tertiary/aromatic N) is 4. The molecule has 5 nitrogen and oxygen atoms in total. The summed E-state index contributed by atoms with van der Waals surface area (Å²) < 4.78 is 9.32. The van der Waals surface area contributed by atoms with Gasteiger partial charge in [0.15, 0.2) is 23.1 Å². The molecule has 13 rings (SSSR count). The molecule has 0 atom stereocenters. The Labute approximate surface area is 355 Å². The van der Waals surface area contributed by atoms with Gasteiger partial charge in [-0.2, -0.15) is 0 Å². The van der Waals surface area contributed by atoms with E-state index in [1.54, 1.807) is 0 Å². The molecule has 0 bridgehead atoms. The fourth-order valence-corrected chi connectivity index (χ4v) is 9.50. The van der Waals surface area contributed by atoms with Crippen LogP contribution in [-0.4, -0.2) is 19.5 Å². The van der Waals surface area contributed by atoms with E-state index in [1.165, 1.54) is 10.8 Å². The molecule has 3 heterocycles. The molecule has 0 aliphatic carbocycles. The first-order valence-corrected chi connectivity index (χ1v) is 20.9. The van der Waals surface area contributed by atoms with Crippen molar-refractivity contribution in [2.45, 2.75) is 0 Å². The fraction of sp³-hybridized carbons (Fsp3) is 0. The first-order valence-electron chi connectivity index (χ1n) is 20.9. The summed E-state index contributed by atoms with van der Waals surface area (Å²) >= 11 is 0. The van der Waals surface area contributed by atoms with Gasteiger partial charge in [-0.15, -0.1) is 0 Å². The van der Waals surface area contributed by atoms with Crippen LogP contribution >= 0.6 is 0 Å². The van der Waals surface area contributed by atoms with Gasteiger partial charge < -0.3 is 8.98 Å². The van der Waals surface area contributed by atoms with Crippen LogP contribution in [0.3, 0.4) is 0 Å². The van der Waals surface area contributed by atoms with Crippen LogP contribution in [0.25, 0.3) is 127 Å². The van der Waals surface area contributed by atoms with E-state index < -0.39 is 0 Å². The lowest BCUT2D eigenvalue weighted by molar-refractivity contribution is 0.666. The molecular formula is C57H34N4O. The molecule has 288 valence electrons. The molecule has 13 aromatic rings. The SMILES string of the molecule is c1ccc(-c2ccc(-c3nc(-c4ccc5c(oc6ccccc65)c4-n4c5ccccc5c5cc6ccccc6cc54)nc(-c4cc5ccccc5c5ccccc45)n3)cc2)cc1. The van der Waals surface area contributed by atoms with Gasteiger partial charge in [0.1, 0.15) is 11.3 Å². The Kier molecular flexibility index (Phi) is 7.54. The van der Waals surface area contributed by atoms with Gasteiger partial charge in [-0.3, -0.25) is 0 Å². The minimum absolute atomic E-state index is 0.554. The monoisotopic (exact) mass is 790 g/mol. The Morgan fingerprint density at radius 3 is 1.71 bits per heavy atom. The lowest BCUT2D eigenvalue weighted by Gasteiger charge is -2.16.